The summed E-state index contributed by atoms with van der Waals surface area (Å²) in [5, 5.41) is 2.96. The van der Waals surface area contributed by atoms with E-state index in [1.807, 2.05) is 6.92 Å². The number of hydrogen-bond acceptors (Lipinski definition) is 3. The van der Waals surface area contributed by atoms with Crippen LogP contribution in [0.3, 0.4) is 0 Å². The van der Waals surface area contributed by atoms with Gasteiger partial charge in [-0.15, -0.1) is 0 Å². The maximum Gasteiger partial charge on any atom is 0.255 e. The number of nitrogens with two attached hydrogens (primary N) is 1. The molecule has 0 saturated carbocycles. The average molecular weight is 328 g/mol. The highest BCUT2D eigenvalue weighted by molar-refractivity contribution is 9.10. The zero-order chi connectivity index (χ0) is 14.3. The summed E-state index contributed by atoms with van der Waals surface area (Å²) in [4.78, 5) is 16.0. The molecule has 1 amide bonds. The Bertz CT molecular complexity index is 423. The summed E-state index contributed by atoms with van der Waals surface area (Å²) in [7, 11) is 0. The Labute approximate surface area is 123 Å². The van der Waals surface area contributed by atoms with Crippen molar-refractivity contribution in [2.24, 2.45) is 0 Å². The van der Waals surface area contributed by atoms with Crippen LogP contribution in [0.2, 0.25) is 0 Å². The molecular weight excluding hydrogens is 306 g/mol. The minimum atomic E-state index is -0.158. The van der Waals surface area contributed by atoms with E-state index in [2.05, 4.69) is 33.2 Å². The van der Waals surface area contributed by atoms with Gasteiger partial charge in [0.15, 0.2) is 0 Å². The van der Waals surface area contributed by atoms with Gasteiger partial charge in [0.1, 0.15) is 5.82 Å². The van der Waals surface area contributed by atoms with Crippen molar-refractivity contribution in [2.75, 3.05) is 5.73 Å². The highest BCUT2D eigenvalue weighted by Gasteiger charge is 2.13. The molecule has 0 aliphatic rings. The van der Waals surface area contributed by atoms with Crippen molar-refractivity contribution >= 4 is 27.7 Å². The highest BCUT2D eigenvalue weighted by atomic mass is 79.9. The maximum absolute atomic E-state index is 12.1. The summed E-state index contributed by atoms with van der Waals surface area (Å²) in [6.07, 6.45) is 7.41. The number of aromatic nitrogens is 1. The second-order valence-electron chi connectivity index (χ2n) is 4.81. The van der Waals surface area contributed by atoms with E-state index < -0.39 is 0 Å². The normalized spacial score (nSPS) is 12.2. The van der Waals surface area contributed by atoms with Crippen LogP contribution in [-0.4, -0.2) is 16.9 Å². The van der Waals surface area contributed by atoms with Crippen molar-refractivity contribution in [1.29, 1.82) is 0 Å². The lowest BCUT2D eigenvalue weighted by Gasteiger charge is -2.14. The van der Waals surface area contributed by atoms with Crippen molar-refractivity contribution < 1.29 is 4.79 Å². The lowest BCUT2D eigenvalue weighted by Crippen LogP contribution is -2.33. The Balaban J connectivity index is 2.47. The summed E-state index contributed by atoms with van der Waals surface area (Å²) in [6.45, 7) is 4.21. The number of rotatable bonds is 7. The van der Waals surface area contributed by atoms with Crippen LogP contribution in [0.1, 0.15) is 56.3 Å². The van der Waals surface area contributed by atoms with Crippen molar-refractivity contribution in [3.05, 3.63) is 22.3 Å². The molecule has 0 spiro atoms. The fourth-order valence-electron chi connectivity index (χ4n) is 1.88. The van der Waals surface area contributed by atoms with E-state index in [-0.39, 0.29) is 17.8 Å². The second kappa shape index (κ2) is 8.15. The molecule has 106 valence electrons. The van der Waals surface area contributed by atoms with Gasteiger partial charge in [-0.05, 0) is 35.3 Å². The number of nitrogen functional groups attached to an aromatic ring is 1. The molecule has 1 rings (SSSR count). The first-order valence-corrected chi connectivity index (χ1v) is 7.55. The standard InChI is InChI=1S/C14H22BrN3O/c1-3-4-5-6-7-10(2)18-14(19)12-8-11(15)9-17-13(12)16/h8-10H,3-7H2,1-2H3,(H2,16,17)(H,18,19). The van der Waals surface area contributed by atoms with E-state index in [0.29, 0.717) is 5.56 Å². The first kappa shape index (κ1) is 16.0. The average Bonchev–Trinajstić information content (AvgIpc) is 2.37. The number of unbranched alkanes of at least 4 members (excludes halogenated alkanes) is 3. The molecule has 0 bridgehead atoms. The van der Waals surface area contributed by atoms with Gasteiger partial charge in [-0.3, -0.25) is 4.79 Å². The Morgan fingerprint density at radius 1 is 1.47 bits per heavy atom. The lowest BCUT2D eigenvalue weighted by molar-refractivity contribution is 0.0938. The molecule has 0 aliphatic heterocycles. The molecule has 0 aromatic carbocycles. The van der Waals surface area contributed by atoms with Crippen LogP contribution in [0.25, 0.3) is 0 Å². The molecule has 1 heterocycles. The SMILES string of the molecule is CCCCCCC(C)NC(=O)c1cc(Br)cnc1N. The number of anilines is 1. The molecule has 1 aromatic heterocycles. The predicted molar refractivity (Wildman–Crippen MR) is 82.0 cm³/mol. The summed E-state index contributed by atoms with van der Waals surface area (Å²) >= 11 is 3.29. The Kier molecular flexibility index (Phi) is 6.84. The molecule has 1 aromatic rings. The van der Waals surface area contributed by atoms with Crippen LogP contribution in [-0.2, 0) is 0 Å². The van der Waals surface area contributed by atoms with E-state index in [9.17, 15) is 4.79 Å². The van der Waals surface area contributed by atoms with Crippen molar-refractivity contribution in [2.45, 2.75) is 52.0 Å². The van der Waals surface area contributed by atoms with E-state index in [0.717, 1.165) is 17.3 Å². The molecule has 4 nitrogen and oxygen atoms in total. The first-order valence-electron chi connectivity index (χ1n) is 6.76. The monoisotopic (exact) mass is 327 g/mol. The van der Waals surface area contributed by atoms with Gasteiger partial charge in [-0.2, -0.15) is 0 Å². The summed E-state index contributed by atoms with van der Waals surface area (Å²) in [5.41, 5.74) is 6.14. The van der Waals surface area contributed by atoms with Crippen LogP contribution in [0, 0.1) is 0 Å². The summed E-state index contributed by atoms with van der Waals surface area (Å²) in [5.74, 6) is 0.105. The Hall–Kier alpha value is -1.10. The van der Waals surface area contributed by atoms with E-state index in [1.54, 1.807) is 12.3 Å². The van der Waals surface area contributed by atoms with Gasteiger partial charge in [0.2, 0.25) is 0 Å². The largest absolute Gasteiger partial charge is 0.383 e. The molecule has 5 heteroatoms. The topological polar surface area (TPSA) is 68.0 Å². The fourth-order valence-corrected chi connectivity index (χ4v) is 2.21. The number of carbonyl (C=O) groups excluding carboxylic acids is 1. The molecule has 0 aliphatic carbocycles. The highest BCUT2D eigenvalue weighted by Crippen LogP contribution is 2.16. The molecule has 1 atom stereocenters. The smallest absolute Gasteiger partial charge is 0.255 e. The van der Waals surface area contributed by atoms with Crippen LogP contribution in [0.4, 0.5) is 5.82 Å². The number of hydrogen-bond donors (Lipinski definition) is 2. The Morgan fingerprint density at radius 3 is 2.89 bits per heavy atom. The van der Waals surface area contributed by atoms with Gasteiger partial charge in [0.25, 0.3) is 5.91 Å². The molecule has 1 unspecified atom stereocenters. The van der Waals surface area contributed by atoms with Gasteiger partial charge < -0.3 is 11.1 Å². The molecule has 0 fully saturated rings. The van der Waals surface area contributed by atoms with Crippen molar-refractivity contribution in [1.82, 2.24) is 10.3 Å². The number of nitrogens with one attached hydrogen (secondary N) is 1. The summed E-state index contributed by atoms with van der Waals surface area (Å²) < 4.78 is 0.752. The zero-order valence-corrected chi connectivity index (χ0v) is 13.2. The third-order valence-electron chi connectivity index (χ3n) is 3.00. The van der Waals surface area contributed by atoms with Gasteiger partial charge in [0, 0.05) is 16.7 Å². The number of carbonyl (C=O) groups is 1. The van der Waals surface area contributed by atoms with Crippen LogP contribution < -0.4 is 11.1 Å². The van der Waals surface area contributed by atoms with Crippen LogP contribution in [0.15, 0.2) is 16.7 Å². The van der Waals surface area contributed by atoms with Gasteiger partial charge in [-0.25, -0.2) is 4.98 Å². The van der Waals surface area contributed by atoms with Crippen LogP contribution in [0.5, 0.6) is 0 Å². The van der Waals surface area contributed by atoms with E-state index in [4.69, 9.17) is 5.73 Å². The first-order chi connectivity index (χ1) is 9.04. The summed E-state index contributed by atoms with van der Waals surface area (Å²) in [6, 6.07) is 1.85. The zero-order valence-electron chi connectivity index (χ0n) is 11.6. The minimum absolute atomic E-state index is 0.155. The second-order valence-corrected chi connectivity index (χ2v) is 5.73. The number of halogens is 1. The predicted octanol–water partition coefficient (Wildman–Crippen LogP) is 3.52. The fraction of sp³-hybridized carbons (Fsp3) is 0.571. The van der Waals surface area contributed by atoms with E-state index in [1.165, 1.54) is 19.3 Å². The van der Waals surface area contributed by atoms with Crippen molar-refractivity contribution in [3.8, 4) is 0 Å². The number of nitrogens with zero attached hydrogens (tertiary/aromatic N) is 1. The third kappa shape index (κ3) is 5.59. The minimum Gasteiger partial charge on any atom is -0.383 e. The molecule has 19 heavy (non-hydrogen) atoms. The van der Waals surface area contributed by atoms with E-state index >= 15 is 0 Å². The number of pyridine rings is 1. The Morgan fingerprint density at radius 2 is 2.21 bits per heavy atom. The van der Waals surface area contributed by atoms with Gasteiger partial charge in [-0.1, -0.05) is 32.6 Å². The van der Waals surface area contributed by atoms with Crippen LogP contribution >= 0.6 is 15.9 Å². The maximum atomic E-state index is 12.1. The molecular formula is C14H22BrN3O. The molecule has 0 saturated heterocycles. The molecule has 0 radical (unpaired) electrons. The third-order valence-corrected chi connectivity index (χ3v) is 3.43. The lowest BCUT2D eigenvalue weighted by atomic mass is 10.1. The molecule has 3 N–H and O–H groups in total. The van der Waals surface area contributed by atoms with Gasteiger partial charge in [0.05, 0.1) is 5.56 Å². The van der Waals surface area contributed by atoms with Crippen molar-refractivity contribution in [3.63, 3.8) is 0 Å². The quantitative estimate of drug-likeness (QED) is 0.753. The van der Waals surface area contributed by atoms with Gasteiger partial charge >= 0.3 is 0 Å². The number of amides is 1.